The largest absolute Gasteiger partial charge is 0.354 e. The number of rotatable bonds is 11. The minimum absolute atomic E-state index is 0.0790. The van der Waals surface area contributed by atoms with Crippen LogP contribution in [0.2, 0.25) is 10.0 Å². The molecule has 1 N–H and O–H groups in total. The monoisotopic (exact) mass is 558 g/mol. The molecule has 0 saturated carbocycles. The molecule has 174 valence electrons. The van der Waals surface area contributed by atoms with E-state index >= 15 is 0 Å². The van der Waals surface area contributed by atoms with Crippen molar-refractivity contribution in [2.24, 2.45) is 5.92 Å². The third-order valence-corrected chi connectivity index (χ3v) is 7.07. The first kappa shape index (κ1) is 27.0. The number of benzene rings is 2. The normalized spacial score (nSPS) is 12.0. The van der Waals surface area contributed by atoms with Crippen molar-refractivity contribution in [1.29, 1.82) is 0 Å². The number of amides is 2. The van der Waals surface area contributed by atoms with Crippen LogP contribution in [-0.4, -0.2) is 35.1 Å². The molecule has 4 nitrogen and oxygen atoms in total. The maximum absolute atomic E-state index is 13.2. The Bertz CT molecular complexity index is 909. The summed E-state index contributed by atoms with van der Waals surface area (Å²) in [5.41, 5.74) is 1.98. The fraction of sp³-hybridized carbons (Fsp3) is 0.417. The third-order valence-electron chi connectivity index (χ3n) is 4.81. The Balaban J connectivity index is 2.14. The zero-order valence-electron chi connectivity index (χ0n) is 18.5. The third kappa shape index (κ3) is 8.62. The molecule has 8 heteroatoms. The lowest BCUT2D eigenvalue weighted by Crippen LogP contribution is -2.50. The van der Waals surface area contributed by atoms with Gasteiger partial charge in [-0.3, -0.25) is 9.59 Å². The van der Waals surface area contributed by atoms with Crippen LogP contribution < -0.4 is 5.32 Å². The Morgan fingerprint density at radius 3 is 2.31 bits per heavy atom. The van der Waals surface area contributed by atoms with Gasteiger partial charge < -0.3 is 10.2 Å². The van der Waals surface area contributed by atoms with E-state index in [0.29, 0.717) is 35.5 Å². The van der Waals surface area contributed by atoms with E-state index in [9.17, 15) is 9.59 Å². The van der Waals surface area contributed by atoms with Crippen molar-refractivity contribution in [2.45, 2.75) is 45.5 Å². The molecule has 2 amide bonds. The molecule has 0 aliphatic rings. The van der Waals surface area contributed by atoms with Gasteiger partial charge in [-0.25, -0.2) is 0 Å². The van der Waals surface area contributed by atoms with Gasteiger partial charge in [0, 0.05) is 23.3 Å². The van der Waals surface area contributed by atoms with Crippen LogP contribution in [0.1, 0.15) is 38.3 Å². The Morgan fingerprint density at radius 2 is 1.72 bits per heavy atom. The minimum Gasteiger partial charge on any atom is -0.354 e. The zero-order valence-corrected chi connectivity index (χ0v) is 22.5. The summed E-state index contributed by atoms with van der Waals surface area (Å²) in [6.45, 7) is 6.87. The number of nitrogens with zero attached hydrogens (tertiary/aromatic N) is 1. The molecular formula is C24H29BrCl2N2O2S. The van der Waals surface area contributed by atoms with Gasteiger partial charge in [-0.1, -0.05) is 78.1 Å². The summed E-state index contributed by atoms with van der Waals surface area (Å²) >= 11 is 17.2. The highest BCUT2D eigenvalue weighted by molar-refractivity contribution is 9.10. The van der Waals surface area contributed by atoms with Gasteiger partial charge in [-0.05, 0) is 47.7 Å². The fourth-order valence-corrected chi connectivity index (χ4v) is 4.55. The van der Waals surface area contributed by atoms with E-state index in [4.69, 9.17) is 23.2 Å². The van der Waals surface area contributed by atoms with E-state index in [1.165, 1.54) is 11.8 Å². The molecule has 2 aromatic carbocycles. The maximum Gasteiger partial charge on any atom is 0.242 e. The number of carbonyl (C=O) groups excluding carboxylic acids is 2. The zero-order chi connectivity index (χ0) is 23.7. The quantitative estimate of drug-likeness (QED) is 0.339. The predicted molar refractivity (Wildman–Crippen MR) is 139 cm³/mol. The first-order valence-corrected chi connectivity index (χ1v) is 13.2. The van der Waals surface area contributed by atoms with E-state index in [1.807, 2.05) is 51.1 Å². The van der Waals surface area contributed by atoms with Crippen LogP contribution in [0.5, 0.6) is 0 Å². The van der Waals surface area contributed by atoms with Crippen molar-refractivity contribution in [3.05, 3.63) is 68.1 Å². The maximum atomic E-state index is 13.2. The van der Waals surface area contributed by atoms with Gasteiger partial charge in [0.1, 0.15) is 6.04 Å². The standard InChI is InChI=1S/C24H29BrCl2N2O2S/c1-4-22(24(31)28-12-16(2)3)29(13-18-7-10-20(26)21(27)11-18)23(30)15-32-14-17-5-8-19(25)9-6-17/h5-11,16,22H,4,12-15H2,1-3H3,(H,28,31)/t22-/m1/s1. The SMILES string of the molecule is CC[C@H](C(=O)NCC(C)C)N(Cc1ccc(Cl)c(Cl)c1)C(=O)CSCc1ccc(Br)cc1. The number of thioether (sulfide) groups is 1. The topological polar surface area (TPSA) is 49.4 Å². The van der Waals surface area contributed by atoms with Gasteiger partial charge >= 0.3 is 0 Å². The summed E-state index contributed by atoms with van der Waals surface area (Å²) in [7, 11) is 0. The van der Waals surface area contributed by atoms with E-state index in [-0.39, 0.29) is 17.6 Å². The van der Waals surface area contributed by atoms with E-state index in [1.54, 1.807) is 17.0 Å². The smallest absolute Gasteiger partial charge is 0.242 e. The van der Waals surface area contributed by atoms with Crippen LogP contribution in [0.3, 0.4) is 0 Å². The lowest BCUT2D eigenvalue weighted by Gasteiger charge is -2.31. The van der Waals surface area contributed by atoms with Crippen molar-refractivity contribution in [3.8, 4) is 0 Å². The highest BCUT2D eigenvalue weighted by atomic mass is 79.9. The summed E-state index contributed by atoms with van der Waals surface area (Å²) in [6, 6.07) is 12.8. The molecule has 32 heavy (non-hydrogen) atoms. The molecule has 0 heterocycles. The molecule has 0 radical (unpaired) electrons. The average molecular weight is 560 g/mol. The van der Waals surface area contributed by atoms with Crippen LogP contribution in [0, 0.1) is 5.92 Å². The minimum atomic E-state index is -0.552. The van der Waals surface area contributed by atoms with E-state index < -0.39 is 6.04 Å². The van der Waals surface area contributed by atoms with Crippen molar-refractivity contribution in [2.75, 3.05) is 12.3 Å². The van der Waals surface area contributed by atoms with Crippen LogP contribution in [0.15, 0.2) is 46.9 Å². The first-order valence-electron chi connectivity index (χ1n) is 10.5. The number of carbonyl (C=O) groups is 2. The predicted octanol–water partition coefficient (Wildman–Crippen LogP) is 6.57. The van der Waals surface area contributed by atoms with Crippen LogP contribution in [0.4, 0.5) is 0 Å². The summed E-state index contributed by atoms with van der Waals surface area (Å²) in [5.74, 6) is 1.12. The molecule has 0 aliphatic carbocycles. The van der Waals surface area contributed by atoms with Gasteiger partial charge in [0.15, 0.2) is 0 Å². The second-order valence-corrected chi connectivity index (χ2v) is 10.7. The van der Waals surface area contributed by atoms with E-state index in [2.05, 4.69) is 21.2 Å². The van der Waals surface area contributed by atoms with Crippen molar-refractivity contribution in [1.82, 2.24) is 10.2 Å². The van der Waals surface area contributed by atoms with Crippen molar-refractivity contribution in [3.63, 3.8) is 0 Å². The highest BCUT2D eigenvalue weighted by Gasteiger charge is 2.28. The lowest BCUT2D eigenvalue weighted by molar-refractivity contribution is -0.139. The van der Waals surface area contributed by atoms with Gasteiger partial charge in [0.2, 0.25) is 11.8 Å². The number of nitrogens with one attached hydrogen (secondary N) is 1. The molecule has 0 bridgehead atoms. The molecule has 0 spiro atoms. The van der Waals surface area contributed by atoms with Gasteiger partial charge in [0.05, 0.1) is 15.8 Å². The Labute approximate surface area is 213 Å². The lowest BCUT2D eigenvalue weighted by atomic mass is 10.1. The first-order chi connectivity index (χ1) is 15.2. The highest BCUT2D eigenvalue weighted by Crippen LogP contribution is 2.25. The molecule has 0 saturated heterocycles. The van der Waals surface area contributed by atoms with Crippen LogP contribution >= 0.6 is 50.9 Å². The average Bonchev–Trinajstić information content (AvgIpc) is 2.75. The second-order valence-electron chi connectivity index (χ2n) is 7.95. The molecular weight excluding hydrogens is 531 g/mol. The van der Waals surface area contributed by atoms with Crippen molar-refractivity contribution < 1.29 is 9.59 Å². The molecule has 2 aromatic rings. The summed E-state index contributed by atoms with van der Waals surface area (Å²) < 4.78 is 1.02. The summed E-state index contributed by atoms with van der Waals surface area (Å²) in [5, 5.41) is 3.86. The number of hydrogen-bond acceptors (Lipinski definition) is 3. The Kier molecular flexibility index (Phi) is 11.4. The molecule has 2 rings (SSSR count). The number of halogens is 3. The molecule has 1 atom stereocenters. The number of hydrogen-bond donors (Lipinski definition) is 1. The van der Waals surface area contributed by atoms with Gasteiger partial charge in [-0.2, -0.15) is 0 Å². The fourth-order valence-electron chi connectivity index (χ4n) is 3.10. The van der Waals surface area contributed by atoms with Crippen molar-refractivity contribution >= 4 is 62.7 Å². The van der Waals surface area contributed by atoms with E-state index in [0.717, 1.165) is 21.4 Å². The summed E-state index contributed by atoms with van der Waals surface area (Å²) in [4.78, 5) is 27.8. The molecule has 0 aliphatic heterocycles. The van der Waals surface area contributed by atoms with Crippen LogP contribution in [0.25, 0.3) is 0 Å². The Hall–Kier alpha value is -1.21. The molecule has 0 unspecified atom stereocenters. The molecule has 0 aromatic heterocycles. The molecule has 0 fully saturated rings. The van der Waals surface area contributed by atoms with Crippen LogP contribution in [-0.2, 0) is 21.9 Å². The second kappa shape index (κ2) is 13.5. The summed E-state index contributed by atoms with van der Waals surface area (Å²) in [6.07, 6.45) is 0.522. The van der Waals surface area contributed by atoms with Gasteiger partial charge in [-0.15, -0.1) is 11.8 Å². The van der Waals surface area contributed by atoms with Gasteiger partial charge in [0.25, 0.3) is 0 Å². The Morgan fingerprint density at radius 1 is 1.06 bits per heavy atom.